The molecule has 164 valence electrons. The highest BCUT2D eigenvalue weighted by molar-refractivity contribution is 7.99. The molecule has 31 heavy (non-hydrogen) atoms. The summed E-state index contributed by atoms with van der Waals surface area (Å²) in [6.07, 6.45) is -3.44. The number of imide groups is 1. The first-order chi connectivity index (χ1) is 14.9. The van der Waals surface area contributed by atoms with Gasteiger partial charge >= 0.3 is 6.09 Å². The van der Waals surface area contributed by atoms with Gasteiger partial charge in [0.15, 0.2) is 6.10 Å². The molecule has 0 aromatic heterocycles. The van der Waals surface area contributed by atoms with Crippen molar-refractivity contribution in [3.8, 4) is 0 Å². The largest absolute Gasteiger partial charge is 0.441 e. The topological polar surface area (TPSA) is 85.3 Å². The summed E-state index contributed by atoms with van der Waals surface area (Å²) in [5.74, 6) is -0.443. The zero-order valence-electron chi connectivity index (χ0n) is 17.3. The number of nitrogens with zero attached hydrogens (tertiary/aromatic N) is 1. The predicted octanol–water partition coefficient (Wildman–Crippen LogP) is 3.13. The first-order valence-corrected chi connectivity index (χ1v) is 11.0. The fourth-order valence-electron chi connectivity index (χ4n) is 3.80. The monoisotopic (exact) mass is 443 g/mol. The maximum Gasteiger partial charge on any atom is 0.417 e. The number of aliphatic hydroxyl groups excluding tert-OH is 1. The molecule has 0 unspecified atom stereocenters. The summed E-state index contributed by atoms with van der Waals surface area (Å²) in [5.41, 5.74) is 1.53. The second-order valence-electron chi connectivity index (χ2n) is 7.69. The van der Waals surface area contributed by atoms with E-state index >= 15 is 0 Å². The minimum absolute atomic E-state index is 0.127. The van der Waals surface area contributed by atoms with Gasteiger partial charge in [-0.15, -0.1) is 0 Å². The molecule has 2 saturated heterocycles. The number of carbonyl (C=O) groups excluding carboxylic acids is 2. The minimum atomic E-state index is -1.11. The highest BCUT2D eigenvalue weighted by atomic mass is 32.2. The van der Waals surface area contributed by atoms with Gasteiger partial charge in [0, 0.05) is 11.8 Å². The molecular formula is C23H25NO6S. The van der Waals surface area contributed by atoms with E-state index in [1.807, 2.05) is 61.5 Å². The van der Waals surface area contributed by atoms with Gasteiger partial charge in [0.05, 0.1) is 13.2 Å². The van der Waals surface area contributed by atoms with Gasteiger partial charge in [-0.3, -0.25) is 4.79 Å². The average Bonchev–Trinajstić information content (AvgIpc) is 3.11. The van der Waals surface area contributed by atoms with Gasteiger partial charge in [-0.05, 0) is 24.6 Å². The molecule has 2 aliphatic rings. The van der Waals surface area contributed by atoms with Crippen molar-refractivity contribution in [3.05, 3.63) is 65.7 Å². The van der Waals surface area contributed by atoms with Crippen LogP contribution >= 0.6 is 11.8 Å². The number of carbonyl (C=O) groups is 2. The number of aliphatic hydroxyl groups is 1. The Labute approximate surface area is 185 Å². The van der Waals surface area contributed by atoms with E-state index in [9.17, 15) is 14.7 Å². The standard InChI is InChI=1S/C23H25NO6S/c1-14-8-10-17(11-9-14)31-22-19-21(30-23(27)24(19)15(2)25)20(26)18(29-22)13-28-12-16-6-4-3-5-7-16/h3-11,18-22,26H,12-13H2,1-2H3/t18-,19-,20+,21-,22-/m1/s1. The van der Waals surface area contributed by atoms with Crippen molar-refractivity contribution >= 4 is 23.8 Å². The van der Waals surface area contributed by atoms with E-state index in [1.54, 1.807) is 0 Å². The van der Waals surface area contributed by atoms with Crippen LogP contribution < -0.4 is 0 Å². The molecule has 5 atom stereocenters. The smallest absolute Gasteiger partial charge is 0.417 e. The molecule has 7 nitrogen and oxygen atoms in total. The summed E-state index contributed by atoms with van der Waals surface area (Å²) in [7, 11) is 0. The Bertz CT molecular complexity index is 921. The number of amides is 2. The van der Waals surface area contributed by atoms with Crippen LogP contribution in [0.3, 0.4) is 0 Å². The normalized spacial score (nSPS) is 27.6. The third kappa shape index (κ3) is 4.77. The van der Waals surface area contributed by atoms with Crippen molar-refractivity contribution in [2.24, 2.45) is 0 Å². The van der Waals surface area contributed by atoms with Crippen LogP contribution in [-0.2, 0) is 25.6 Å². The van der Waals surface area contributed by atoms with Gasteiger partial charge in [-0.1, -0.05) is 59.8 Å². The van der Waals surface area contributed by atoms with Crippen LogP contribution in [-0.4, -0.2) is 58.4 Å². The molecule has 0 spiro atoms. The Hall–Kier alpha value is -2.39. The SMILES string of the molecule is CC(=O)N1C(=O)O[C@H]2[C@@H](O)[C@@H](COCc3ccccc3)O[C@H](Sc3ccc(C)cc3)[C@@H]21. The number of thioether (sulfide) groups is 1. The summed E-state index contributed by atoms with van der Waals surface area (Å²) in [4.78, 5) is 26.4. The lowest BCUT2D eigenvalue weighted by molar-refractivity contribution is -0.171. The molecule has 0 bridgehead atoms. The second kappa shape index (κ2) is 9.40. The Morgan fingerprint density at radius 1 is 1.16 bits per heavy atom. The Balaban J connectivity index is 1.52. The van der Waals surface area contributed by atoms with Gasteiger partial charge in [-0.2, -0.15) is 0 Å². The molecule has 1 N–H and O–H groups in total. The first kappa shape index (κ1) is 21.8. The fourth-order valence-corrected chi connectivity index (χ4v) is 4.97. The molecule has 4 rings (SSSR count). The third-order valence-electron chi connectivity index (χ3n) is 5.38. The van der Waals surface area contributed by atoms with Crippen molar-refractivity contribution in [1.29, 1.82) is 0 Å². The lowest BCUT2D eigenvalue weighted by atomic mass is 9.98. The highest BCUT2D eigenvalue weighted by Gasteiger charge is 2.57. The Morgan fingerprint density at radius 3 is 2.55 bits per heavy atom. The zero-order chi connectivity index (χ0) is 22.0. The van der Waals surface area contributed by atoms with E-state index in [-0.39, 0.29) is 6.61 Å². The van der Waals surface area contributed by atoms with Crippen molar-refractivity contribution in [3.63, 3.8) is 0 Å². The molecule has 2 aromatic rings. The van der Waals surface area contributed by atoms with E-state index < -0.39 is 41.8 Å². The molecule has 0 radical (unpaired) electrons. The van der Waals surface area contributed by atoms with Gasteiger partial charge in [-0.25, -0.2) is 9.69 Å². The number of ether oxygens (including phenoxy) is 3. The number of benzene rings is 2. The molecule has 8 heteroatoms. The maximum atomic E-state index is 12.4. The lowest BCUT2D eigenvalue weighted by Gasteiger charge is -2.41. The number of hydrogen-bond donors (Lipinski definition) is 1. The van der Waals surface area contributed by atoms with Crippen LogP contribution in [0, 0.1) is 6.92 Å². The summed E-state index contributed by atoms with van der Waals surface area (Å²) < 4.78 is 17.4. The van der Waals surface area contributed by atoms with Gasteiger partial charge in [0.2, 0.25) is 5.91 Å². The maximum absolute atomic E-state index is 12.4. The summed E-state index contributed by atoms with van der Waals surface area (Å²) in [5, 5.41) is 10.8. The quantitative estimate of drug-likeness (QED) is 0.734. The number of aryl methyl sites for hydroxylation is 1. The molecule has 0 aliphatic carbocycles. The van der Waals surface area contributed by atoms with Crippen LogP contribution in [0.5, 0.6) is 0 Å². The van der Waals surface area contributed by atoms with Crippen LogP contribution in [0.2, 0.25) is 0 Å². The van der Waals surface area contributed by atoms with E-state index in [0.29, 0.717) is 6.61 Å². The predicted molar refractivity (Wildman–Crippen MR) is 114 cm³/mol. The molecule has 2 aliphatic heterocycles. The Morgan fingerprint density at radius 2 is 1.87 bits per heavy atom. The first-order valence-electron chi connectivity index (χ1n) is 10.1. The van der Waals surface area contributed by atoms with Crippen LogP contribution in [0.1, 0.15) is 18.1 Å². The summed E-state index contributed by atoms with van der Waals surface area (Å²) >= 11 is 1.39. The van der Waals surface area contributed by atoms with Crippen molar-refractivity contribution < 1.29 is 28.9 Å². The van der Waals surface area contributed by atoms with Gasteiger partial charge < -0.3 is 19.3 Å². The van der Waals surface area contributed by atoms with Crippen LogP contribution in [0.4, 0.5) is 4.79 Å². The molecule has 2 aromatic carbocycles. The number of fused-ring (bicyclic) bond motifs is 1. The summed E-state index contributed by atoms with van der Waals surface area (Å²) in [6.45, 7) is 3.80. The van der Waals surface area contributed by atoms with Gasteiger partial charge in [0.25, 0.3) is 0 Å². The van der Waals surface area contributed by atoms with Crippen LogP contribution in [0.25, 0.3) is 0 Å². The minimum Gasteiger partial charge on any atom is -0.441 e. The van der Waals surface area contributed by atoms with Crippen molar-refractivity contribution in [1.82, 2.24) is 4.90 Å². The Kier molecular flexibility index (Phi) is 6.62. The van der Waals surface area contributed by atoms with E-state index in [2.05, 4.69) is 0 Å². The van der Waals surface area contributed by atoms with Crippen molar-refractivity contribution in [2.45, 2.75) is 55.1 Å². The zero-order valence-corrected chi connectivity index (χ0v) is 18.2. The number of rotatable bonds is 6. The second-order valence-corrected chi connectivity index (χ2v) is 8.86. The fraction of sp³-hybridized carbons (Fsp3) is 0.391. The average molecular weight is 444 g/mol. The molecule has 2 fully saturated rings. The van der Waals surface area contributed by atoms with Crippen LogP contribution in [0.15, 0.2) is 59.5 Å². The summed E-state index contributed by atoms with van der Waals surface area (Å²) in [6, 6.07) is 16.8. The molecule has 0 saturated carbocycles. The van der Waals surface area contributed by atoms with E-state index in [1.165, 1.54) is 18.7 Å². The van der Waals surface area contributed by atoms with Gasteiger partial charge in [0.1, 0.15) is 23.7 Å². The number of hydrogen-bond acceptors (Lipinski definition) is 7. The van der Waals surface area contributed by atoms with E-state index in [0.717, 1.165) is 20.9 Å². The molecular weight excluding hydrogens is 418 g/mol. The molecule has 2 amide bonds. The lowest BCUT2D eigenvalue weighted by Crippen LogP contribution is -2.60. The van der Waals surface area contributed by atoms with Crippen molar-refractivity contribution in [2.75, 3.05) is 6.61 Å². The van der Waals surface area contributed by atoms with E-state index in [4.69, 9.17) is 14.2 Å². The molecule has 2 heterocycles. The third-order valence-corrected chi connectivity index (χ3v) is 6.55. The highest BCUT2D eigenvalue weighted by Crippen LogP contribution is 2.40.